The summed E-state index contributed by atoms with van der Waals surface area (Å²) in [6.45, 7) is 8.25. The number of thiocarbonyl (C=S) groups is 2. The Kier molecular flexibility index (Phi) is 23.7. The van der Waals surface area contributed by atoms with E-state index in [2.05, 4.69) is 21.3 Å². The molecule has 0 bridgehead atoms. The van der Waals surface area contributed by atoms with Crippen LogP contribution in [0.4, 0.5) is 0 Å². The van der Waals surface area contributed by atoms with Crippen LogP contribution in [0.5, 0.6) is 0 Å². The summed E-state index contributed by atoms with van der Waals surface area (Å²) < 4.78 is 31.2. The molecule has 0 aliphatic heterocycles. The van der Waals surface area contributed by atoms with Crippen LogP contribution in [0.2, 0.25) is 0 Å². The lowest BCUT2D eigenvalue weighted by molar-refractivity contribution is 0.0261. The average Bonchev–Trinajstić information content (AvgIpc) is 2.74. The maximum Gasteiger partial charge on any atom is 0.166 e. The lowest BCUT2D eigenvalue weighted by Crippen LogP contribution is -2.43. The Morgan fingerprint density at radius 3 is 1.13 bits per heavy atom. The fourth-order valence-corrected chi connectivity index (χ4v) is 2.29. The van der Waals surface area contributed by atoms with Crippen molar-refractivity contribution in [1.82, 2.24) is 21.3 Å². The van der Waals surface area contributed by atoms with Crippen LogP contribution in [0.3, 0.4) is 0 Å². The third-order valence-electron chi connectivity index (χ3n) is 3.37. The number of rotatable bonds is 21. The van der Waals surface area contributed by atoms with Crippen LogP contribution in [-0.4, -0.2) is 117 Å². The maximum absolute atomic E-state index is 5.43. The van der Waals surface area contributed by atoms with Gasteiger partial charge in [-0.05, 0) is 24.4 Å². The standard InChI is InChI=1S/C18H38N4O6S2/c1-23-9-11-27-15-13-25-7-5-21-17(29)19-3-4-20-18(30)22-6-8-26-14-16-28-12-10-24-2/h3-16H2,1-2H3,(H2,19,21,29)(H2,20,22,30). The lowest BCUT2D eigenvalue weighted by atomic mass is 10.6. The Morgan fingerprint density at radius 1 is 0.467 bits per heavy atom. The van der Waals surface area contributed by atoms with Crippen LogP contribution in [-0.2, 0) is 28.4 Å². The zero-order chi connectivity index (χ0) is 22.1. The second-order valence-corrected chi connectivity index (χ2v) is 6.62. The predicted molar refractivity (Wildman–Crippen MR) is 124 cm³/mol. The first-order valence-electron chi connectivity index (χ1n) is 10.0. The van der Waals surface area contributed by atoms with E-state index in [0.29, 0.717) is 102 Å². The van der Waals surface area contributed by atoms with Crippen LogP contribution < -0.4 is 21.3 Å². The molecule has 0 aliphatic rings. The molecule has 0 fully saturated rings. The Morgan fingerprint density at radius 2 is 0.767 bits per heavy atom. The van der Waals surface area contributed by atoms with Gasteiger partial charge in [-0.25, -0.2) is 0 Å². The van der Waals surface area contributed by atoms with Crippen LogP contribution in [0.1, 0.15) is 0 Å². The predicted octanol–water partition coefficient (Wildman–Crippen LogP) is -0.726. The van der Waals surface area contributed by atoms with Crippen LogP contribution >= 0.6 is 24.4 Å². The first kappa shape index (κ1) is 29.1. The van der Waals surface area contributed by atoms with E-state index in [-0.39, 0.29) is 0 Å². The summed E-state index contributed by atoms with van der Waals surface area (Å²) in [5, 5.41) is 13.5. The Balaban J connectivity index is 3.29. The highest BCUT2D eigenvalue weighted by molar-refractivity contribution is 7.80. The number of nitrogens with one attached hydrogen (secondary N) is 4. The molecule has 0 heterocycles. The van der Waals surface area contributed by atoms with Crippen molar-refractivity contribution in [1.29, 1.82) is 0 Å². The van der Waals surface area contributed by atoms with Crippen molar-refractivity contribution in [3.05, 3.63) is 0 Å². The van der Waals surface area contributed by atoms with Gasteiger partial charge in [0.05, 0.1) is 66.1 Å². The van der Waals surface area contributed by atoms with Crippen molar-refractivity contribution in [2.75, 3.05) is 106 Å². The number of hydrogen-bond donors (Lipinski definition) is 4. The molecule has 0 aromatic carbocycles. The molecule has 178 valence electrons. The normalized spacial score (nSPS) is 10.6. The summed E-state index contributed by atoms with van der Waals surface area (Å²) in [6, 6.07) is 0. The lowest BCUT2D eigenvalue weighted by Gasteiger charge is -2.13. The molecular weight excluding hydrogens is 432 g/mol. The molecule has 0 atom stereocenters. The first-order chi connectivity index (χ1) is 14.7. The fraction of sp³-hybridized carbons (Fsp3) is 0.889. The highest BCUT2D eigenvalue weighted by Crippen LogP contribution is 1.81. The minimum atomic E-state index is 0.549. The summed E-state index contributed by atoms with van der Waals surface area (Å²) in [5.74, 6) is 0. The molecule has 0 radical (unpaired) electrons. The van der Waals surface area contributed by atoms with Gasteiger partial charge in [0.25, 0.3) is 0 Å². The topological polar surface area (TPSA) is 104 Å². The van der Waals surface area contributed by atoms with E-state index in [1.54, 1.807) is 14.2 Å². The van der Waals surface area contributed by atoms with E-state index in [0.717, 1.165) is 0 Å². The van der Waals surface area contributed by atoms with Crippen molar-refractivity contribution in [2.24, 2.45) is 0 Å². The summed E-state index contributed by atoms with van der Waals surface area (Å²) in [7, 11) is 3.29. The van der Waals surface area contributed by atoms with Crippen molar-refractivity contribution in [2.45, 2.75) is 0 Å². The molecule has 0 aromatic heterocycles. The Bertz CT molecular complexity index is 375. The zero-order valence-corrected chi connectivity index (χ0v) is 19.8. The zero-order valence-electron chi connectivity index (χ0n) is 18.2. The van der Waals surface area contributed by atoms with Gasteiger partial charge in [-0.3, -0.25) is 0 Å². The quantitative estimate of drug-likeness (QED) is 0.126. The van der Waals surface area contributed by atoms with E-state index in [1.165, 1.54) is 0 Å². The summed E-state index contributed by atoms with van der Waals surface area (Å²) in [4.78, 5) is 0. The largest absolute Gasteiger partial charge is 0.382 e. The van der Waals surface area contributed by atoms with E-state index in [1.807, 2.05) is 0 Å². The molecule has 0 saturated carbocycles. The van der Waals surface area contributed by atoms with E-state index < -0.39 is 0 Å². The minimum Gasteiger partial charge on any atom is -0.382 e. The van der Waals surface area contributed by atoms with Gasteiger partial charge in [0, 0.05) is 40.4 Å². The molecule has 4 N–H and O–H groups in total. The smallest absolute Gasteiger partial charge is 0.166 e. The fourth-order valence-electron chi connectivity index (χ4n) is 1.88. The molecule has 10 nitrogen and oxygen atoms in total. The summed E-state index contributed by atoms with van der Waals surface area (Å²) >= 11 is 10.4. The maximum atomic E-state index is 5.43. The molecule has 0 aliphatic carbocycles. The molecule has 0 unspecified atom stereocenters. The van der Waals surface area contributed by atoms with Gasteiger partial charge >= 0.3 is 0 Å². The van der Waals surface area contributed by atoms with Crippen LogP contribution in [0.25, 0.3) is 0 Å². The molecule has 0 amide bonds. The van der Waals surface area contributed by atoms with E-state index in [9.17, 15) is 0 Å². The second kappa shape index (κ2) is 24.4. The van der Waals surface area contributed by atoms with Gasteiger partial charge in [0.2, 0.25) is 0 Å². The number of ether oxygens (including phenoxy) is 6. The Hall–Kier alpha value is -0.860. The second-order valence-electron chi connectivity index (χ2n) is 5.80. The monoisotopic (exact) mass is 470 g/mol. The van der Waals surface area contributed by atoms with E-state index >= 15 is 0 Å². The van der Waals surface area contributed by atoms with Gasteiger partial charge in [-0.1, -0.05) is 0 Å². The van der Waals surface area contributed by atoms with Crippen molar-refractivity contribution in [3.8, 4) is 0 Å². The van der Waals surface area contributed by atoms with Gasteiger partial charge in [0.15, 0.2) is 10.2 Å². The van der Waals surface area contributed by atoms with Crippen LogP contribution in [0, 0.1) is 0 Å². The molecule has 30 heavy (non-hydrogen) atoms. The highest BCUT2D eigenvalue weighted by Gasteiger charge is 1.98. The Labute approximate surface area is 191 Å². The van der Waals surface area contributed by atoms with Crippen LogP contribution in [0.15, 0.2) is 0 Å². The minimum absolute atomic E-state index is 0.549. The van der Waals surface area contributed by atoms with Gasteiger partial charge in [-0.15, -0.1) is 0 Å². The molecule has 0 spiro atoms. The molecule has 0 rings (SSSR count). The summed E-state index contributed by atoms with van der Waals surface area (Å²) in [6.07, 6.45) is 0. The van der Waals surface area contributed by atoms with Gasteiger partial charge in [0.1, 0.15) is 0 Å². The highest BCUT2D eigenvalue weighted by atomic mass is 32.1. The third kappa shape index (κ3) is 23.4. The molecule has 0 aromatic rings. The van der Waals surface area contributed by atoms with Crippen molar-refractivity contribution in [3.63, 3.8) is 0 Å². The first-order valence-corrected chi connectivity index (χ1v) is 10.8. The summed E-state index contributed by atoms with van der Waals surface area (Å²) in [5.41, 5.74) is 0. The van der Waals surface area contributed by atoms with Gasteiger partial charge < -0.3 is 49.7 Å². The number of hydrogen-bond acceptors (Lipinski definition) is 8. The third-order valence-corrected chi connectivity index (χ3v) is 3.94. The molecule has 12 heteroatoms. The van der Waals surface area contributed by atoms with Crippen molar-refractivity contribution >= 4 is 34.7 Å². The average molecular weight is 471 g/mol. The number of methoxy groups -OCH3 is 2. The molecular formula is C18H38N4O6S2. The van der Waals surface area contributed by atoms with Crippen molar-refractivity contribution < 1.29 is 28.4 Å². The molecule has 0 saturated heterocycles. The van der Waals surface area contributed by atoms with E-state index in [4.69, 9.17) is 52.9 Å². The SMILES string of the molecule is COCCOCCOCCNC(=S)NCCNC(=S)NCCOCCOCCOC. The van der Waals surface area contributed by atoms with Gasteiger partial charge in [-0.2, -0.15) is 0 Å².